The zero-order valence-electron chi connectivity index (χ0n) is 14.5. The first-order valence-electron chi connectivity index (χ1n) is 8.28. The van der Waals surface area contributed by atoms with Gasteiger partial charge in [0.15, 0.2) is 5.96 Å². The summed E-state index contributed by atoms with van der Waals surface area (Å²) in [4.78, 5) is 4.45. The summed E-state index contributed by atoms with van der Waals surface area (Å²) in [5.41, 5.74) is -0.139. The Labute approximate surface area is 151 Å². The van der Waals surface area contributed by atoms with Crippen molar-refractivity contribution in [3.05, 3.63) is 59.9 Å². The van der Waals surface area contributed by atoms with Gasteiger partial charge in [0.25, 0.3) is 0 Å². The summed E-state index contributed by atoms with van der Waals surface area (Å²) >= 11 is 0. The van der Waals surface area contributed by atoms with Gasteiger partial charge in [-0.1, -0.05) is 11.8 Å². The van der Waals surface area contributed by atoms with Crippen LogP contribution in [0.5, 0.6) is 0 Å². The average molecular weight is 362 g/mol. The smallest absolute Gasteiger partial charge is 0.357 e. The van der Waals surface area contributed by atoms with Crippen molar-refractivity contribution in [3.8, 4) is 11.8 Å². The van der Waals surface area contributed by atoms with Gasteiger partial charge in [0.05, 0.1) is 18.7 Å². The molecule has 0 fully saturated rings. The molecule has 2 N–H and O–H groups in total. The van der Waals surface area contributed by atoms with E-state index < -0.39 is 11.7 Å². The van der Waals surface area contributed by atoms with Gasteiger partial charge in [-0.05, 0) is 43.3 Å². The fraction of sp³-hybridized carbons (Fsp3) is 0.316. The highest BCUT2D eigenvalue weighted by Crippen LogP contribution is 2.28. The number of guanidine groups is 1. The molecule has 138 valence electrons. The highest BCUT2D eigenvalue weighted by molar-refractivity contribution is 5.80. The average Bonchev–Trinajstić information content (AvgIpc) is 3.11. The van der Waals surface area contributed by atoms with E-state index in [1.165, 1.54) is 12.1 Å². The molecule has 2 rings (SSSR count). The lowest BCUT2D eigenvalue weighted by Gasteiger charge is -2.09. The lowest BCUT2D eigenvalue weighted by Crippen LogP contribution is -2.37. The Morgan fingerprint density at radius 1 is 1.12 bits per heavy atom. The van der Waals surface area contributed by atoms with E-state index in [0.717, 1.165) is 25.2 Å². The SMILES string of the molecule is CCNC(=NCCn1cccc1)NCC#Cc1ccc(C(F)(F)F)cc1. The van der Waals surface area contributed by atoms with E-state index in [9.17, 15) is 13.2 Å². The first-order valence-corrected chi connectivity index (χ1v) is 8.28. The van der Waals surface area contributed by atoms with Crippen LogP contribution in [-0.2, 0) is 12.7 Å². The molecule has 0 aliphatic heterocycles. The summed E-state index contributed by atoms with van der Waals surface area (Å²) in [6.07, 6.45) is -0.373. The summed E-state index contributed by atoms with van der Waals surface area (Å²) < 4.78 is 39.6. The van der Waals surface area contributed by atoms with Gasteiger partial charge >= 0.3 is 6.18 Å². The minimum Gasteiger partial charge on any atom is -0.357 e. The van der Waals surface area contributed by atoms with Gasteiger partial charge in [-0.2, -0.15) is 13.2 Å². The second-order valence-electron chi connectivity index (χ2n) is 5.41. The van der Waals surface area contributed by atoms with Crippen molar-refractivity contribution < 1.29 is 13.2 Å². The summed E-state index contributed by atoms with van der Waals surface area (Å²) in [6.45, 7) is 4.44. The van der Waals surface area contributed by atoms with Gasteiger partial charge in [-0.25, -0.2) is 0 Å². The number of alkyl halides is 3. The standard InChI is InChI=1S/C19H21F3N4/c1-2-23-18(25-12-15-26-13-3-4-14-26)24-11-5-6-16-7-9-17(10-8-16)19(20,21)22/h3-4,7-10,13-14H,2,11-12,15H2,1H3,(H2,23,24,25). The second-order valence-corrected chi connectivity index (χ2v) is 5.41. The van der Waals surface area contributed by atoms with E-state index in [1.807, 2.05) is 36.0 Å². The van der Waals surface area contributed by atoms with Crippen molar-refractivity contribution in [2.24, 2.45) is 4.99 Å². The summed E-state index contributed by atoms with van der Waals surface area (Å²) in [5, 5.41) is 6.20. The molecule has 1 aromatic carbocycles. The Balaban J connectivity index is 1.84. The van der Waals surface area contributed by atoms with E-state index in [2.05, 4.69) is 27.5 Å². The van der Waals surface area contributed by atoms with Gasteiger partial charge in [0.1, 0.15) is 0 Å². The van der Waals surface area contributed by atoms with Crippen LogP contribution in [0.4, 0.5) is 13.2 Å². The van der Waals surface area contributed by atoms with Gasteiger partial charge in [-0.3, -0.25) is 4.99 Å². The van der Waals surface area contributed by atoms with E-state index in [1.54, 1.807) is 0 Å². The number of rotatable bonds is 5. The lowest BCUT2D eigenvalue weighted by molar-refractivity contribution is -0.137. The van der Waals surface area contributed by atoms with Crippen molar-refractivity contribution in [2.45, 2.75) is 19.6 Å². The molecule has 2 aromatic rings. The summed E-state index contributed by atoms with van der Waals surface area (Å²) in [6, 6.07) is 8.72. The van der Waals surface area contributed by atoms with Crippen molar-refractivity contribution in [1.29, 1.82) is 0 Å². The van der Waals surface area contributed by atoms with E-state index in [0.29, 0.717) is 24.6 Å². The van der Waals surface area contributed by atoms with Crippen LogP contribution in [0.2, 0.25) is 0 Å². The monoisotopic (exact) mass is 362 g/mol. The molecule has 0 bridgehead atoms. The number of benzene rings is 1. The Morgan fingerprint density at radius 2 is 1.81 bits per heavy atom. The van der Waals surface area contributed by atoms with Gasteiger partial charge in [0.2, 0.25) is 0 Å². The van der Waals surface area contributed by atoms with Crippen LogP contribution in [0.15, 0.2) is 53.8 Å². The van der Waals surface area contributed by atoms with E-state index in [-0.39, 0.29) is 0 Å². The molecule has 0 saturated carbocycles. The van der Waals surface area contributed by atoms with Crippen LogP contribution in [-0.4, -0.2) is 30.2 Å². The topological polar surface area (TPSA) is 41.4 Å². The van der Waals surface area contributed by atoms with Crippen LogP contribution in [0, 0.1) is 11.8 Å². The molecule has 26 heavy (non-hydrogen) atoms. The predicted molar refractivity (Wildman–Crippen MR) is 96.7 cm³/mol. The molecule has 0 saturated heterocycles. The Kier molecular flexibility index (Phi) is 7.15. The second kappa shape index (κ2) is 9.56. The quantitative estimate of drug-likeness (QED) is 0.488. The number of nitrogens with one attached hydrogen (secondary N) is 2. The van der Waals surface area contributed by atoms with E-state index >= 15 is 0 Å². The maximum atomic E-state index is 12.5. The van der Waals surface area contributed by atoms with Crippen molar-refractivity contribution in [3.63, 3.8) is 0 Å². The zero-order valence-corrected chi connectivity index (χ0v) is 14.5. The molecule has 0 aliphatic rings. The van der Waals surface area contributed by atoms with Gasteiger partial charge in [-0.15, -0.1) is 0 Å². The number of aliphatic imine (C=N–C) groups is 1. The summed E-state index contributed by atoms with van der Waals surface area (Å²) in [5.74, 6) is 6.37. The fourth-order valence-electron chi connectivity index (χ4n) is 2.15. The van der Waals surface area contributed by atoms with Crippen LogP contribution in [0.3, 0.4) is 0 Å². The first kappa shape index (κ1) is 19.4. The molecule has 4 nitrogen and oxygen atoms in total. The molecule has 0 unspecified atom stereocenters. The Hall–Kier alpha value is -2.88. The molecule has 0 atom stereocenters. The highest BCUT2D eigenvalue weighted by Gasteiger charge is 2.29. The van der Waals surface area contributed by atoms with Gasteiger partial charge in [0, 0.05) is 31.0 Å². The first-order chi connectivity index (χ1) is 12.5. The van der Waals surface area contributed by atoms with Gasteiger partial charge < -0.3 is 15.2 Å². The largest absolute Gasteiger partial charge is 0.416 e. The molecule has 1 aromatic heterocycles. The number of hydrogen-bond donors (Lipinski definition) is 2. The molecule has 0 aliphatic carbocycles. The third kappa shape index (κ3) is 6.55. The fourth-order valence-corrected chi connectivity index (χ4v) is 2.15. The minimum atomic E-state index is -4.33. The predicted octanol–water partition coefficient (Wildman–Crippen LogP) is 3.11. The molecule has 0 spiro atoms. The Bertz CT molecular complexity index is 751. The molecular weight excluding hydrogens is 341 g/mol. The number of halogens is 3. The van der Waals surface area contributed by atoms with Crippen LogP contribution < -0.4 is 10.6 Å². The number of hydrogen-bond acceptors (Lipinski definition) is 1. The number of nitrogens with zero attached hydrogens (tertiary/aromatic N) is 2. The van der Waals surface area contributed by atoms with Crippen molar-refractivity contribution >= 4 is 5.96 Å². The van der Waals surface area contributed by atoms with Crippen LogP contribution in [0.1, 0.15) is 18.1 Å². The van der Waals surface area contributed by atoms with Crippen LogP contribution >= 0.6 is 0 Å². The van der Waals surface area contributed by atoms with Crippen molar-refractivity contribution in [1.82, 2.24) is 15.2 Å². The Morgan fingerprint density at radius 3 is 2.42 bits per heavy atom. The zero-order chi connectivity index (χ0) is 18.8. The third-order valence-electron chi connectivity index (χ3n) is 3.43. The maximum absolute atomic E-state index is 12.5. The minimum absolute atomic E-state index is 0.344. The maximum Gasteiger partial charge on any atom is 0.416 e. The third-order valence-corrected chi connectivity index (χ3v) is 3.43. The number of aromatic nitrogens is 1. The molecule has 7 heteroatoms. The normalized spacial score (nSPS) is 11.6. The summed E-state index contributed by atoms with van der Waals surface area (Å²) in [7, 11) is 0. The molecule has 1 heterocycles. The van der Waals surface area contributed by atoms with E-state index in [4.69, 9.17) is 0 Å². The molecule has 0 amide bonds. The highest BCUT2D eigenvalue weighted by atomic mass is 19.4. The molecular formula is C19H21F3N4. The lowest BCUT2D eigenvalue weighted by atomic mass is 10.1. The van der Waals surface area contributed by atoms with Crippen LogP contribution in [0.25, 0.3) is 0 Å². The van der Waals surface area contributed by atoms with Crippen molar-refractivity contribution in [2.75, 3.05) is 19.6 Å². The molecule has 0 radical (unpaired) electrons.